The number of carbonyl (C=O) groups excluding carboxylic acids is 1. The first-order valence-corrected chi connectivity index (χ1v) is 9.27. The quantitative estimate of drug-likeness (QED) is 0.380. The topological polar surface area (TPSA) is 151 Å². The van der Waals surface area contributed by atoms with E-state index in [1.54, 1.807) is 18.2 Å². The molecule has 0 saturated heterocycles. The summed E-state index contributed by atoms with van der Waals surface area (Å²) in [6.45, 7) is 4.13. The van der Waals surface area contributed by atoms with E-state index in [9.17, 15) is 9.59 Å². The first-order chi connectivity index (χ1) is 12.9. The first kappa shape index (κ1) is 24.7. The van der Waals surface area contributed by atoms with Gasteiger partial charge in [-0.25, -0.2) is 0 Å². The van der Waals surface area contributed by atoms with Crippen molar-refractivity contribution < 1.29 is 24.2 Å². The number of ether oxygens (including phenoxy) is 2. The lowest BCUT2D eigenvalue weighted by molar-refractivity contribution is -0.137. The Labute approximate surface area is 161 Å². The van der Waals surface area contributed by atoms with Crippen molar-refractivity contribution in [2.45, 2.75) is 45.4 Å². The molecule has 1 amide bonds. The van der Waals surface area contributed by atoms with Crippen molar-refractivity contribution >= 4 is 11.9 Å². The molecule has 0 atom stereocenters. The SMILES string of the molecule is CCCCCC(=O)O.NCCCOc1cc(OCCCN)cc(C(N)=O)c1. The predicted molar refractivity (Wildman–Crippen MR) is 105 cm³/mol. The van der Waals surface area contributed by atoms with Crippen LogP contribution in [-0.2, 0) is 4.79 Å². The van der Waals surface area contributed by atoms with Crippen LogP contribution in [0.4, 0.5) is 0 Å². The van der Waals surface area contributed by atoms with Crippen LogP contribution in [0, 0.1) is 0 Å². The van der Waals surface area contributed by atoms with E-state index in [2.05, 4.69) is 6.92 Å². The molecule has 0 saturated carbocycles. The van der Waals surface area contributed by atoms with Crippen molar-refractivity contribution in [2.75, 3.05) is 26.3 Å². The van der Waals surface area contributed by atoms with Gasteiger partial charge >= 0.3 is 5.97 Å². The number of primary amides is 1. The van der Waals surface area contributed by atoms with E-state index in [1.165, 1.54) is 0 Å². The molecule has 0 fully saturated rings. The van der Waals surface area contributed by atoms with Crippen LogP contribution in [-0.4, -0.2) is 43.3 Å². The summed E-state index contributed by atoms with van der Waals surface area (Å²) in [5.74, 6) is -0.105. The normalized spacial score (nSPS) is 9.89. The Kier molecular flexibility index (Phi) is 14.5. The molecule has 0 aliphatic carbocycles. The average molecular weight is 383 g/mol. The number of benzene rings is 1. The van der Waals surface area contributed by atoms with Crippen LogP contribution in [0.2, 0.25) is 0 Å². The van der Waals surface area contributed by atoms with Gasteiger partial charge in [-0.3, -0.25) is 9.59 Å². The minimum Gasteiger partial charge on any atom is -0.493 e. The molecular weight excluding hydrogens is 350 g/mol. The Morgan fingerprint density at radius 3 is 1.81 bits per heavy atom. The van der Waals surface area contributed by atoms with Crippen LogP contribution >= 0.6 is 0 Å². The summed E-state index contributed by atoms with van der Waals surface area (Å²) in [4.78, 5) is 21.1. The highest BCUT2D eigenvalue weighted by Gasteiger charge is 2.07. The zero-order valence-electron chi connectivity index (χ0n) is 16.1. The van der Waals surface area contributed by atoms with Gasteiger partial charge in [-0.2, -0.15) is 0 Å². The van der Waals surface area contributed by atoms with Gasteiger partial charge in [0.25, 0.3) is 0 Å². The van der Waals surface area contributed by atoms with Gasteiger partial charge in [-0.15, -0.1) is 0 Å². The maximum absolute atomic E-state index is 11.2. The number of carbonyl (C=O) groups is 2. The second-order valence-corrected chi connectivity index (χ2v) is 5.89. The fourth-order valence-corrected chi connectivity index (χ4v) is 1.95. The molecule has 7 N–H and O–H groups in total. The van der Waals surface area contributed by atoms with Gasteiger partial charge in [0.2, 0.25) is 5.91 Å². The molecule has 1 rings (SSSR count). The van der Waals surface area contributed by atoms with Crippen LogP contribution in [0.3, 0.4) is 0 Å². The molecule has 0 aromatic heterocycles. The van der Waals surface area contributed by atoms with Gasteiger partial charge in [-0.05, 0) is 44.5 Å². The fraction of sp³-hybridized carbons (Fsp3) is 0.579. The van der Waals surface area contributed by atoms with Crippen LogP contribution in [0.1, 0.15) is 55.8 Å². The minimum absolute atomic E-state index is 0.327. The molecule has 0 spiro atoms. The number of nitrogens with two attached hydrogens (primary N) is 3. The van der Waals surface area contributed by atoms with Crippen molar-refractivity contribution in [1.82, 2.24) is 0 Å². The average Bonchev–Trinajstić information content (AvgIpc) is 2.62. The lowest BCUT2D eigenvalue weighted by atomic mass is 10.2. The zero-order valence-corrected chi connectivity index (χ0v) is 16.1. The molecule has 0 aliphatic rings. The number of rotatable bonds is 13. The highest BCUT2D eigenvalue weighted by atomic mass is 16.5. The van der Waals surface area contributed by atoms with E-state index in [4.69, 9.17) is 31.8 Å². The monoisotopic (exact) mass is 383 g/mol. The second-order valence-electron chi connectivity index (χ2n) is 5.89. The van der Waals surface area contributed by atoms with Crippen molar-refractivity contribution in [3.8, 4) is 11.5 Å². The first-order valence-electron chi connectivity index (χ1n) is 9.27. The predicted octanol–water partition coefficient (Wildman–Crippen LogP) is 1.89. The number of amides is 1. The Morgan fingerprint density at radius 2 is 1.44 bits per heavy atom. The summed E-state index contributed by atoms with van der Waals surface area (Å²) >= 11 is 0. The Morgan fingerprint density at radius 1 is 0.926 bits per heavy atom. The van der Waals surface area contributed by atoms with Crippen LogP contribution < -0.4 is 26.7 Å². The van der Waals surface area contributed by atoms with E-state index < -0.39 is 11.9 Å². The van der Waals surface area contributed by atoms with Gasteiger partial charge in [0.15, 0.2) is 0 Å². The summed E-state index contributed by atoms with van der Waals surface area (Å²) in [6.07, 6.45) is 4.76. The standard InChI is InChI=1S/C13H21N3O3.C6H12O2/c14-3-1-5-18-11-7-10(13(16)17)8-12(9-11)19-6-2-4-15;1-2-3-4-5-6(7)8/h7-9H,1-6,14-15H2,(H2,16,17);2-5H2,1H3,(H,7,8). The minimum atomic E-state index is -0.682. The molecule has 0 bridgehead atoms. The molecule has 8 nitrogen and oxygen atoms in total. The third-order valence-corrected chi connectivity index (χ3v) is 3.39. The van der Waals surface area contributed by atoms with Gasteiger partial charge in [-0.1, -0.05) is 19.8 Å². The Hall–Kier alpha value is -2.32. The number of carboxylic acid groups (broad SMARTS) is 1. The van der Waals surface area contributed by atoms with Crippen molar-refractivity contribution in [1.29, 1.82) is 0 Å². The molecule has 154 valence electrons. The second kappa shape index (κ2) is 15.9. The maximum atomic E-state index is 11.2. The van der Waals surface area contributed by atoms with Crippen LogP contribution in [0.15, 0.2) is 18.2 Å². The van der Waals surface area contributed by atoms with Crippen LogP contribution in [0.25, 0.3) is 0 Å². The molecule has 8 heteroatoms. The number of unbranched alkanes of at least 4 members (excludes halogenated alkanes) is 2. The number of carboxylic acids is 1. The van der Waals surface area contributed by atoms with E-state index in [0.29, 0.717) is 49.8 Å². The van der Waals surface area contributed by atoms with Crippen molar-refractivity contribution in [3.05, 3.63) is 23.8 Å². The molecule has 1 aromatic carbocycles. The Bertz CT molecular complexity index is 524. The van der Waals surface area contributed by atoms with Gasteiger partial charge in [0.05, 0.1) is 13.2 Å². The Balaban J connectivity index is 0.000000713. The molecular formula is C19H33N3O5. The van der Waals surface area contributed by atoms with Gasteiger partial charge in [0.1, 0.15) is 11.5 Å². The molecule has 0 aliphatic heterocycles. The summed E-state index contributed by atoms with van der Waals surface area (Å²) < 4.78 is 11.0. The number of hydrogen-bond donors (Lipinski definition) is 4. The molecule has 27 heavy (non-hydrogen) atoms. The lowest BCUT2D eigenvalue weighted by Gasteiger charge is -2.11. The maximum Gasteiger partial charge on any atom is 0.303 e. The molecule has 0 heterocycles. The summed E-state index contributed by atoms with van der Waals surface area (Å²) in [6, 6.07) is 4.91. The fourth-order valence-electron chi connectivity index (χ4n) is 1.95. The smallest absolute Gasteiger partial charge is 0.303 e. The lowest BCUT2D eigenvalue weighted by Crippen LogP contribution is -2.12. The summed E-state index contributed by atoms with van der Waals surface area (Å²) in [7, 11) is 0. The largest absolute Gasteiger partial charge is 0.493 e. The van der Waals surface area contributed by atoms with Gasteiger partial charge < -0.3 is 31.8 Å². The highest BCUT2D eigenvalue weighted by molar-refractivity contribution is 5.93. The van der Waals surface area contributed by atoms with E-state index in [1.807, 2.05) is 0 Å². The number of aliphatic carboxylic acids is 1. The third kappa shape index (κ3) is 13.5. The number of hydrogen-bond acceptors (Lipinski definition) is 6. The molecule has 0 radical (unpaired) electrons. The van der Waals surface area contributed by atoms with E-state index in [0.717, 1.165) is 32.1 Å². The van der Waals surface area contributed by atoms with Crippen LogP contribution in [0.5, 0.6) is 11.5 Å². The summed E-state index contributed by atoms with van der Waals surface area (Å²) in [5.41, 5.74) is 16.4. The van der Waals surface area contributed by atoms with Crippen molar-refractivity contribution in [2.24, 2.45) is 17.2 Å². The van der Waals surface area contributed by atoms with E-state index in [-0.39, 0.29) is 0 Å². The molecule has 1 aromatic rings. The van der Waals surface area contributed by atoms with Gasteiger partial charge in [0, 0.05) is 18.1 Å². The summed E-state index contributed by atoms with van der Waals surface area (Å²) in [5, 5.41) is 8.14. The zero-order chi connectivity index (χ0) is 20.5. The highest BCUT2D eigenvalue weighted by Crippen LogP contribution is 2.23. The third-order valence-electron chi connectivity index (χ3n) is 3.39. The van der Waals surface area contributed by atoms with Crippen molar-refractivity contribution in [3.63, 3.8) is 0 Å². The van der Waals surface area contributed by atoms with E-state index >= 15 is 0 Å². The molecule has 0 unspecified atom stereocenters.